The lowest BCUT2D eigenvalue weighted by atomic mass is 10.0. The minimum Gasteiger partial charge on any atom is -0.392 e. The van der Waals surface area contributed by atoms with E-state index in [1.807, 2.05) is 43.4 Å². The number of likely N-dealkylation sites (tertiary alicyclic amines) is 1. The molecule has 0 unspecified atom stereocenters. The molecule has 1 fully saturated rings. The van der Waals surface area contributed by atoms with Crippen molar-refractivity contribution in [1.82, 2.24) is 9.80 Å². The van der Waals surface area contributed by atoms with Gasteiger partial charge in [0.2, 0.25) is 15.9 Å². The molecule has 1 saturated heterocycles. The number of sulfonamides is 1. The molecule has 2 aromatic rings. The van der Waals surface area contributed by atoms with Crippen molar-refractivity contribution in [3.8, 4) is 0 Å². The van der Waals surface area contributed by atoms with Gasteiger partial charge in [0, 0.05) is 26.7 Å². The lowest BCUT2D eigenvalue weighted by Crippen LogP contribution is -2.39. The van der Waals surface area contributed by atoms with Crippen molar-refractivity contribution in [2.45, 2.75) is 30.7 Å². The standard InChI is InChI=1S/C22H27N3O4S/c1-24(21(17-5-3-2-4-6-17)14-25-10-9-19(26)13-25)22(27)12-16-7-8-18-15-30(28,29)23-20(18)11-16/h2-8,11,19,21,23,26H,9-10,12-15H2,1H3/t19-,21+/m0/s1. The summed E-state index contributed by atoms with van der Waals surface area (Å²) in [6, 6.07) is 15.1. The quantitative estimate of drug-likeness (QED) is 0.730. The molecule has 4 rings (SSSR count). The van der Waals surface area contributed by atoms with Crippen LogP contribution in [0.1, 0.15) is 29.2 Å². The molecule has 2 atom stereocenters. The lowest BCUT2D eigenvalue weighted by Gasteiger charge is -2.32. The number of nitrogens with zero attached hydrogens (tertiary/aromatic N) is 2. The summed E-state index contributed by atoms with van der Waals surface area (Å²) in [6.07, 6.45) is 0.638. The maximum Gasteiger partial charge on any atom is 0.237 e. The van der Waals surface area contributed by atoms with Crippen LogP contribution in [-0.2, 0) is 27.0 Å². The molecule has 2 heterocycles. The Labute approximate surface area is 177 Å². The van der Waals surface area contributed by atoms with Gasteiger partial charge in [-0.3, -0.25) is 14.4 Å². The van der Waals surface area contributed by atoms with Crippen LogP contribution in [0.15, 0.2) is 48.5 Å². The van der Waals surface area contributed by atoms with Gasteiger partial charge in [0.25, 0.3) is 0 Å². The lowest BCUT2D eigenvalue weighted by molar-refractivity contribution is -0.131. The van der Waals surface area contributed by atoms with Crippen LogP contribution < -0.4 is 4.72 Å². The van der Waals surface area contributed by atoms with Crippen LogP contribution in [0.4, 0.5) is 5.69 Å². The van der Waals surface area contributed by atoms with Crippen molar-refractivity contribution in [3.05, 3.63) is 65.2 Å². The van der Waals surface area contributed by atoms with Crippen molar-refractivity contribution in [2.75, 3.05) is 31.4 Å². The molecule has 0 radical (unpaired) electrons. The molecule has 7 nitrogen and oxygen atoms in total. The summed E-state index contributed by atoms with van der Waals surface area (Å²) in [5, 5.41) is 9.87. The first-order chi connectivity index (χ1) is 14.3. The molecule has 0 aromatic heterocycles. The molecule has 0 bridgehead atoms. The van der Waals surface area contributed by atoms with Gasteiger partial charge in [0.15, 0.2) is 0 Å². The van der Waals surface area contributed by atoms with E-state index >= 15 is 0 Å². The fraction of sp³-hybridized carbons (Fsp3) is 0.409. The molecule has 2 aliphatic rings. The van der Waals surface area contributed by atoms with Crippen LogP contribution in [-0.4, -0.2) is 62.0 Å². The summed E-state index contributed by atoms with van der Waals surface area (Å²) in [6.45, 7) is 2.10. The first-order valence-corrected chi connectivity index (χ1v) is 11.8. The fourth-order valence-corrected chi connectivity index (χ4v) is 5.44. The third-order valence-electron chi connectivity index (χ3n) is 5.86. The first kappa shape index (κ1) is 20.8. The molecule has 30 heavy (non-hydrogen) atoms. The second-order valence-corrected chi connectivity index (χ2v) is 9.88. The number of benzene rings is 2. The number of likely N-dealkylation sites (N-methyl/N-ethyl adjacent to an activating group) is 1. The Morgan fingerprint density at radius 3 is 2.73 bits per heavy atom. The van der Waals surface area contributed by atoms with Gasteiger partial charge in [-0.05, 0) is 29.2 Å². The number of amides is 1. The third kappa shape index (κ3) is 4.66. The summed E-state index contributed by atoms with van der Waals surface area (Å²) in [4.78, 5) is 17.1. The van der Waals surface area contributed by atoms with E-state index in [0.717, 1.165) is 29.7 Å². The SMILES string of the molecule is CN(C(=O)Cc1ccc2c(c1)NS(=O)(=O)C2)[C@H](CN1CC[C@H](O)C1)c1ccccc1. The van der Waals surface area contributed by atoms with Crippen molar-refractivity contribution in [1.29, 1.82) is 0 Å². The fourth-order valence-electron chi connectivity index (χ4n) is 4.19. The molecule has 2 aliphatic heterocycles. The summed E-state index contributed by atoms with van der Waals surface area (Å²) in [7, 11) is -1.50. The zero-order chi connectivity index (χ0) is 21.3. The Balaban J connectivity index is 1.50. The zero-order valence-corrected chi connectivity index (χ0v) is 17.8. The Hall–Kier alpha value is -2.42. The minimum absolute atomic E-state index is 0.0196. The van der Waals surface area contributed by atoms with Crippen molar-refractivity contribution >= 4 is 21.6 Å². The monoisotopic (exact) mass is 429 g/mol. The Morgan fingerprint density at radius 1 is 1.27 bits per heavy atom. The van der Waals surface area contributed by atoms with E-state index in [1.54, 1.807) is 17.0 Å². The number of nitrogens with one attached hydrogen (secondary N) is 1. The molecular weight excluding hydrogens is 402 g/mol. The highest BCUT2D eigenvalue weighted by Crippen LogP contribution is 2.29. The molecule has 0 saturated carbocycles. The largest absolute Gasteiger partial charge is 0.392 e. The molecule has 0 aliphatic carbocycles. The number of aliphatic hydroxyl groups excluding tert-OH is 1. The minimum atomic E-state index is -3.31. The number of aliphatic hydroxyl groups is 1. The summed E-state index contributed by atoms with van der Waals surface area (Å²) in [5.41, 5.74) is 3.12. The van der Waals surface area contributed by atoms with Gasteiger partial charge in [-0.25, -0.2) is 8.42 Å². The number of β-amino-alcohol motifs (C(OH)–C–C–N with tert-alkyl or cyclic N) is 1. The van der Waals surface area contributed by atoms with E-state index in [4.69, 9.17) is 0 Å². The van der Waals surface area contributed by atoms with E-state index in [-0.39, 0.29) is 30.2 Å². The Morgan fingerprint density at radius 2 is 2.03 bits per heavy atom. The number of carbonyl (C=O) groups is 1. The van der Waals surface area contributed by atoms with Crippen LogP contribution in [0.5, 0.6) is 0 Å². The van der Waals surface area contributed by atoms with Crippen LogP contribution >= 0.6 is 0 Å². The highest BCUT2D eigenvalue weighted by Gasteiger charge is 2.29. The third-order valence-corrected chi connectivity index (χ3v) is 7.09. The maximum atomic E-state index is 13.1. The Bertz CT molecular complexity index is 1030. The number of carbonyl (C=O) groups excluding carboxylic acids is 1. The van der Waals surface area contributed by atoms with E-state index in [1.165, 1.54) is 0 Å². The van der Waals surface area contributed by atoms with Crippen LogP contribution in [0.3, 0.4) is 0 Å². The molecular formula is C22H27N3O4S. The Kier molecular flexibility index (Phi) is 5.81. The van der Waals surface area contributed by atoms with Gasteiger partial charge in [-0.15, -0.1) is 0 Å². The molecule has 2 aromatic carbocycles. The number of hydrogen-bond donors (Lipinski definition) is 2. The van der Waals surface area contributed by atoms with E-state index in [2.05, 4.69) is 9.62 Å². The van der Waals surface area contributed by atoms with Crippen molar-refractivity contribution in [2.24, 2.45) is 0 Å². The zero-order valence-electron chi connectivity index (χ0n) is 17.0. The molecule has 2 N–H and O–H groups in total. The highest BCUT2D eigenvalue weighted by molar-refractivity contribution is 7.92. The molecule has 160 valence electrons. The van der Waals surface area contributed by atoms with Gasteiger partial charge < -0.3 is 10.0 Å². The van der Waals surface area contributed by atoms with E-state index in [0.29, 0.717) is 18.8 Å². The van der Waals surface area contributed by atoms with Gasteiger partial charge >= 0.3 is 0 Å². The summed E-state index contributed by atoms with van der Waals surface area (Å²) < 4.78 is 26.0. The smallest absolute Gasteiger partial charge is 0.237 e. The predicted octanol–water partition coefficient (Wildman–Crippen LogP) is 1.75. The van der Waals surface area contributed by atoms with Crippen LogP contribution in [0.2, 0.25) is 0 Å². The van der Waals surface area contributed by atoms with E-state index < -0.39 is 10.0 Å². The number of fused-ring (bicyclic) bond motifs is 1. The average molecular weight is 430 g/mol. The van der Waals surface area contributed by atoms with Crippen molar-refractivity contribution in [3.63, 3.8) is 0 Å². The predicted molar refractivity (Wildman–Crippen MR) is 115 cm³/mol. The molecule has 0 spiro atoms. The van der Waals surface area contributed by atoms with Crippen LogP contribution in [0, 0.1) is 0 Å². The average Bonchev–Trinajstić information content (AvgIpc) is 3.26. The number of rotatable bonds is 6. The van der Waals surface area contributed by atoms with Crippen LogP contribution in [0.25, 0.3) is 0 Å². The first-order valence-electron chi connectivity index (χ1n) is 10.1. The van der Waals surface area contributed by atoms with Gasteiger partial charge in [-0.2, -0.15) is 0 Å². The molecule has 1 amide bonds. The van der Waals surface area contributed by atoms with Crippen molar-refractivity contribution < 1.29 is 18.3 Å². The second-order valence-electron chi connectivity index (χ2n) is 8.16. The van der Waals surface area contributed by atoms with Gasteiger partial charge in [0.05, 0.1) is 30.0 Å². The highest BCUT2D eigenvalue weighted by atomic mass is 32.2. The molecule has 8 heteroatoms. The van der Waals surface area contributed by atoms with Gasteiger partial charge in [-0.1, -0.05) is 42.5 Å². The second kappa shape index (κ2) is 8.37. The number of anilines is 1. The maximum absolute atomic E-state index is 13.1. The topological polar surface area (TPSA) is 90.0 Å². The summed E-state index contributed by atoms with van der Waals surface area (Å²) >= 11 is 0. The van der Waals surface area contributed by atoms with E-state index in [9.17, 15) is 18.3 Å². The summed E-state index contributed by atoms with van der Waals surface area (Å²) in [5.74, 6) is -0.0572. The normalized spacial score (nSPS) is 21.1. The number of hydrogen-bond acceptors (Lipinski definition) is 5. The van der Waals surface area contributed by atoms with Gasteiger partial charge in [0.1, 0.15) is 0 Å².